The predicted octanol–water partition coefficient (Wildman–Crippen LogP) is 0.564. The molecule has 1 rings (SSSR count). The van der Waals surface area contributed by atoms with Gasteiger partial charge in [0.25, 0.3) is 10.0 Å². The van der Waals surface area contributed by atoms with E-state index >= 15 is 0 Å². The second kappa shape index (κ2) is 5.48. The lowest BCUT2D eigenvalue weighted by Gasteiger charge is -2.12. The van der Waals surface area contributed by atoms with Gasteiger partial charge in [0.15, 0.2) is 5.82 Å². The van der Waals surface area contributed by atoms with Crippen molar-refractivity contribution in [3.05, 3.63) is 24.1 Å². The largest absolute Gasteiger partial charge is 0.393 e. The fraction of sp³-hybridized carbons (Fsp3) is 0.333. The van der Waals surface area contributed by atoms with E-state index in [1.165, 1.54) is 12.3 Å². The summed E-state index contributed by atoms with van der Waals surface area (Å²) in [6, 6.07) is 1.82. The summed E-state index contributed by atoms with van der Waals surface area (Å²) < 4.78 is 39.0. The number of nitrogens with one attached hydrogen (secondary N) is 1. The maximum Gasteiger partial charge on any atom is 0.261 e. The van der Waals surface area contributed by atoms with Gasteiger partial charge in [-0.3, -0.25) is 0 Å². The first kappa shape index (κ1) is 13.9. The van der Waals surface area contributed by atoms with Gasteiger partial charge in [-0.05, 0) is 19.1 Å². The Morgan fingerprint density at radius 1 is 1.71 bits per heavy atom. The molecule has 1 heterocycles. The number of halogens is 1. The van der Waals surface area contributed by atoms with Crippen molar-refractivity contribution < 1.29 is 12.8 Å². The van der Waals surface area contributed by atoms with Crippen LogP contribution >= 0.6 is 12.2 Å². The molecule has 0 aromatic carbocycles. The zero-order valence-electron chi connectivity index (χ0n) is 9.05. The Morgan fingerprint density at radius 3 is 2.88 bits per heavy atom. The lowest BCUT2D eigenvalue weighted by molar-refractivity contribution is 0.535. The van der Waals surface area contributed by atoms with Crippen LogP contribution in [0.3, 0.4) is 0 Å². The molecule has 0 aliphatic carbocycles. The van der Waals surface area contributed by atoms with Gasteiger partial charge in [-0.25, -0.2) is 22.5 Å². The van der Waals surface area contributed by atoms with Crippen molar-refractivity contribution >= 4 is 27.2 Å². The number of hydrogen-bond acceptors (Lipinski definition) is 4. The molecule has 1 atom stereocenters. The first-order valence-electron chi connectivity index (χ1n) is 4.74. The van der Waals surface area contributed by atoms with Crippen LogP contribution in [-0.2, 0) is 10.0 Å². The van der Waals surface area contributed by atoms with Gasteiger partial charge in [0.05, 0.1) is 4.99 Å². The van der Waals surface area contributed by atoms with Crippen LogP contribution in [0.4, 0.5) is 4.39 Å². The van der Waals surface area contributed by atoms with Gasteiger partial charge >= 0.3 is 0 Å². The third kappa shape index (κ3) is 3.99. The molecule has 0 aliphatic rings. The Labute approximate surface area is 104 Å². The normalized spacial score (nSPS) is 13.3. The second-order valence-corrected chi connectivity index (χ2v) is 5.64. The van der Waals surface area contributed by atoms with E-state index in [0.717, 1.165) is 6.07 Å². The molecule has 1 unspecified atom stereocenters. The average molecular weight is 277 g/mol. The first-order valence-corrected chi connectivity index (χ1v) is 6.63. The topological polar surface area (TPSA) is 85.1 Å². The quantitative estimate of drug-likeness (QED) is 0.768. The standard InChI is InChI=1S/C9H12FN3O2S2/c1-6(5-8(11)16)13-17(14,15)9-7(10)3-2-4-12-9/h2-4,6,13H,5H2,1H3,(H2,11,16). The highest BCUT2D eigenvalue weighted by Gasteiger charge is 2.22. The molecule has 3 N–H and O–H groups in total. The lowest BCUT2D eigenvalue weighted by atomic mass is 10.3. The van der Waals surface area contributed by atoms with Crippen LogP contribution in [0.15, 0.2) is 23.4 Å². The Morgan fingerprint density at radius 2 is 2.35 bits per heavy atom. The number of hydrogen-bond donors (Lipinski definition) is 2. The molecule has 1 aromatic heterocycles. The van der Waals surface area contributed by atoms with Crippen molar-refractivity contribution in [2.75, 3.05) is 0 Å². The Kier molecular flexibility index (Phi) is 4.49. The molecule has 0 fully saturated rings. The third-order valence-corrected chi connectivity index (χ3v) is 3.53. The van der Waals surface area contributed by atoms with E-state index in [4.69, 9.17) is 5.73 Å². The molecule has 0 aliphatic heterocycles. The Hall–Kier alpha value is -1.12. The first-order chi connectivity index (χ1) is 7.83. The molecule has 1 aromatic rings. The number of nitrogens with two attached hydrogens (primary N) is 1. The molecular weight excluding hydrogens is 265 g/mol. The molecule has 17 heavy (non-hydrogen) atoms. The minimum atomic E-state index is -3.99. The molecule has 94 valence electrons. The van der Waals surface area contributed by atoms with E-state index in [1.807, 2.05) is 0 Å². The highest BCUT2D eigenvalue weighted by molar-refractivity contribution is 7.89. The van der Waals surface area contributed by atoms with Crippen LogP contribution in [0.1, 0.15) is 13.3 Å². The van der Waals surface area contributed by atoms with Crippen molar-refractivity contribution in [1.82, 2.24) is 9.71 Å². The minimum Gasteiger partial charge on any atom is -0.393 e. The van der Waals surface area contributed by atoms with Gasteiger partial charge in [-0.15, -0.1) is 0 Å². The number of sulfonamides is 1. The van der Waals surface area contributed by atoms with Gasteiger partial charge in [0, 0.05) is 18.7 Å². The van der Waals surface area contributed by atoms with Crippen LogP contribution in [-0.4, -0.2) is 24.4 Å². The second-order valence-electron chi connectivity index (χ2n) is 3.48. The van der Waals surface area contributed by atoms with E-state index in [-0.39, 0.29) is 11.4 Å². The zero-order valence-corrected chi connectivity index (χ0v) is 10.7. The number of nitrogens with zero attached hydrogens (tertiary/aromatic N) is 1. The minimum absolute atomic E-state index is 0.182. The van der Waals surface area contributed by atoms with Gasteiger partial charge in [-0.1, -0.05) is 12.2 Å². The van der Waals surface area contributed by atoms with Crippen LogP contribution in [0.25, 0.3) is 0 Å². The fourth-order valence-electron chi connectivity index (χ4n) is 1.23. The maximum atomic E-state index is 13.3. The van der Waals surface area contributed by atoms with Gasteiger partial charge in [-0.2, -0.15) is 0 Å². The molecule has 0 amide bonds. The van der Waals surface area contributed by atoms with E-state index in [9.17, 15) is 12.8 Å². The number of thiocarbonyl (C=S) groups is 1. The van der Waals surface area contributed by atoms with Gasteiger partial charge in [0.1, 0.15) is 0 Å². The third-order valence-electron chi connectivity index (χ3n) is 1.84. The SMILES string of the molecule is CC(CC(N)=S)NS(=O)(=O)c1ncccc1F. The van der Waals surface area contributed by atoms with E-state index < -0.39 is 26.9 Å². The zero-order chi connectivity index (χ0) is 13.1. The molecule has 0 saturated carbocycles. The monoisotopic (exact) mass is 277 g/mol. The van der Waals surface area contributed by atoms with Crippen LogP contribution in [0, 0.1) is 5.82 Å². The van der Waals surface area contributed by atoms with E-state index in [0.29, 0.717) is 0 Å². The van der Waals surface area contributed by atoms with Gasteiger partial charge < -0.3 is 5.73 Å². The summed E-state index contributed by atoms with van der Waals surface area (Å²) in [5.74, 6) is -0.900. The van der Waals surface area contributed by atoms with Crippen molar-refractivity contribution in [3.8, 4) is 0 Å². The predicted molar refractivity (Wildman–Crippen MR) is 65.4 cm³/mol. The lowest BCUT2D eigenvalue weighted by Crippen LogP contribution is -2.36. The summed E-state index contributed by atoms with van der Waals surface area (Å²) in [4.78, 5) is 3.67. The molecule has 0 bridgehead atoms. The number of pyridine rings is 1. The average Bonchev–Trinajstić information content (AvgIpc) is 2.15. The van der Waals surface area contributed by atoms with Crippen LogP contribution in [0.5, 0.6) is 0 Å². The van der Waals surface area contributed by atoms with Crippen LogP contribution < -0.4 is 10.5 Å². The van der Waals surface area contributed by atoms with E-state index in [2.05, 4.69) is 21.9 Å². The van der Waals surface area contributed by atoms with Crippen molar-refractivity contribution in [1.29, 1.82) is 0 Å². The molecule has 0 radical (unpaired) electrons. The summed E-state index contributed by atoms with van der Waals surface area (Å²) >= 11 is 4.66. The Balaban J connectivity index is 2.90. The summed E-state index contributed by atoms with van der Waals surface area (Å²) in [5.41, 5.74) is 5.29. The summed E-state index contributed by atoms with van der Waals surface area (Å²) in [7, 11) is -3.99. The number of rotatable bonds is 5. The van der Waals surface area contributed by atoms with Crippen molar-refractivity contribution in [2.24, 2.45) is 5.73 Å². The molecule has 5 nitrogen and oxygen atoms in total. The van der Waals surface area contributed by atoms with Crippen molar-refractivity contribution in [2.45, 2.75) is 24.4 Å². The fourth-order valence-corrected chi connectivity index (χ4v) is 2.73. The molecule has 8 heteroatoms. The van der Waals surface area contributed by atoms with Gasteiger partial charge in [0.2, 0.25) is 5.03 Å². The molecule has 0 saturated heterocycles. The van der Waals surface area contributed by atoms with E-state index in [1.54, 1.807) is 6.92 Å². The summed E-state index contributed by atoms with van der Waals surface area (Å²) in [6.45, 7) is 1.58. The molecular formula is C9H12FN3O2S2. The summed E-state index contributed by atoms with van der Waals surface area (Å²) in [5, 5.41) is -0.630. The maximum absolute atomic E-state index is 13.3. The Bertz CT molecular complexity index is 519. The smallest absolute Gasteiger partial charge is 0.261 e. The van der Waals surface area contributed by atoms with Crippen LogP contribution in [0.2, 0.25) is 0 Å². The number of aromatic nitrogens is 1. The van der Waals surface area contributed by atoms with Crippen molar-refractivity contribution in [3.63, 3.8) is 0 Å². The highest BCUT2D eigenvalue weighted by Crippen LogP contribution is 2.10. The highest BCUT2D eigenvalue weighted by atomic mass is 32.2. The summed E-state index contributed by atoms with van der Waals surface area (Å²) in [6.07, 6.45) is 1.40. The molecule has 0 spiro atoms.